The molecule has 1 amide bonds. The van der Waals surface area contributed by atoms with E-state index in [2.05, 4.69) is 14.8 Å². The molecule has 2 rings (SSSR count). The maximum atomic E-state index is 12.3. The molecule has 0 aliphatic carbocycles. The lowest BCUT2D eigenvalue weighted by molar-refractivity contribution is -0.0502. The minimum Gasteiger partial charge on any atom is -0.435 e. The van der Waals surface area contributed by atoms with Crippen LogP contribution in [0, 0.1) is 0 Å². The van der Waals surface area contributed by atoms with Gasteiger partial charge in [-0.15, -0.1) is 0 Å². The summed E-state index contributed by atoms with van der Waals surface area (Å²) in [7, 11) is 0. The predicted molar refractivity (Wildman–Crippen MR) is 74.1 cm³/mol. The van der Waals surface area contributed by atoms with Crippen LogP contribution in [0.4, 0.5) is 23.2 Å². The molecule has 1 N–H and O–H groups in total. The molecule has 8 heteroatoms. The second kappa shape index (κ2) is 7.48. The summed E-state index contributed by atoms with van der Waals surface area (Å²) in [6.45, 7) is -6.07. The zero-order chi connectivity index (χ0) is 16.8. The Balaban J connectivity index is 2.16. The molecule has 4 nitrogen and oxygen atoms in total. The van der Waals surface area contributed by atoms with E-state index in [1.165, 1.54) is 42.5 Å². The number of carbonyl (C=O) groups is 1. The van der Waals surface area contributed by atoms with Crippen molar-refractivity contribution in [1.29, 1.82) is 0 Å². The molecule has 0 atom stereocenters. The number of nitrogens with one attached hydrogen (secondary N) is 1. The first-order valence-corrected chi connectivity index (χ1v) is 6.36. The third-order valence-corrected chi connectivity index (χ3v) is 2.67. The summed E-state index contributed by atoms with van der Waals surface area (Å²) < 4.78 is 57.4. The van der Waals surface area contributed by atoms with Crippen LogP contribution in [0.25, 0.3) is 0 Å². The molecule has 0 fully saturated rings. The predicted octanol–water partition coefficient (Wildman–Crippen LogP) is 4.14. The zero-order valence-electron chi connectivity index (χ0n) is 11.5. The smallest absolute Gasteiger partial charge is 0.387 e. The standard InChI is InChI=1S/C15H11F4NO3/c16-14(17)22-10-5-3-4-9(8-10)13(21)20-11-6-1-2-7-12(11)23-15(18)19/h1-8,14-15H,(H,20,21). The third-order valence-electron chi connectivity index (χ3n) is 2.67. The van der Waals surface area contributed by atoms with E-state index < -0.39 is 19.1 Å². The Morgan fingerprint density at radius 2 is 1.61 bits per heavy atom. The molecule has 0 unspecified atom stereocenters. The quantitative estimate of drug-likeness (QED) is 0.810. The van der Waals surface area contributed by atoms with Crippen LogP contribution in [0.3, 0.4) is 0 Å². The Kier molecular flexibility index (Phi) is 5.40. The Morgan fingerprint density at radius 3 is 2.30 bits per heavy atom. The summed E-state index contributed by atoms with van der Waals surface area (Å²) in [4.78, 5) is 12.1. The second-order valence-electron chi connectivity index (χ2n) is 4.24. The van der Waals surface area contributed by atoms with E-state index in [1.54, 1.807) is 0 Å². The average molecular weight is 329 g/mol. The highest BCUT2D eigenvalue weighted by Gasteiger charge is 2.14. The number of alkyl halides is 4. The highest BCUT2D eigenvalue weighted by molar-refractivity contribution is 6.05. The molecular weight excluding hydrogens is 318 g/mol. The van der Waals surface area contributed by atoms with Crippen molar-refractivity contribution in [2.45, 2.75) is 13.2 Å². The SMILES string of the molecule is O=C(Nc1ccccc1OC(F)F)c1cccc(OC(F)F)c1. The second-order valence-corrected chi connectivity index (χ2v) is 4.24. The first-order valence-electron chi connectivity index (χ1n) is 6.36. The van der Waals surface area contributed by atoms with Crippen LogP contribution in [-0.2, 0) is 0 Å². The van der Waals surface area contributed by atoms with Gasteiger partial charge in [0, 0.05) is 5.56 Å². The number of rotatable bonds is 6. The summed E-state index contributed by atoms with van der Waals surface area (Å²) in [6, 6.07) is 10.7. The highest BCUT2D eigenvalue weighted by atomic mass is 19.3. The van der Waals surface area contributed by atoms with Gasteiger partial charge in [0.15, 0.2) is 0 Å². The van der Waals surface area contributed by atoms with E-state index in [0.717, 1.165) is 6.07 Å². The molecule has 0 spiro atoms. The van der Waals surface area contributed by atoms with Crippen molar-refractivity contribution in [3.05, 3.63) is 54.1 Å². The van der Waals surface area contributed by atoms with Crippen molar-refractivity contribution in [2.24, 2.45) is 0 Å². The van der Waals surface area contributed by atoms with Crippen molar-refractivity contribution >= 4 is 11.6 Å². The maximum Gasteiger partial charge on any atom is 0.387 e. The molecule has 0 radical (unpaired) electrons. The number of hydrogen-bond acceptors (Lipinski definition) is 3. The monoisotopic (exact) mass is 329 g/mol. The lowest BCUT2D eigenvalue weighted by atomic mass is 10.2. The van der Waals surface area contributed by atoms with Crippen molar-refractivity contribution in [2.75, 3.05) is 5.32 Å². The molecular formula is C15H11F4NO3. The number of ether oxygens (including phenoxy) is 2. The van der Waals surface area contributed by atoms with Gasteiger partial charge in [-0.2, -0.15) is 17.6 Å². The van der Waals surface area contributed by atoms with Crippen molar-refractivity contribution in [1.82, 2.24) is 0 Å². The summed E-state index contributed by atoms with van der Waals surface area (Å²) in [5, 5.41) is 2.37. The topological polar surface area (TPSA) is 47.6 Å². The molecule has 0 saturated carbocycles. The van der Waals surface area contributed by atoms with Crippen LogP contribution in [0.15, 0.2) is 48.5 Å². The number of carbonyl (C=O) groups excluding carboxylic acids is 1. The van der Waals surface area contributed by atoms with Crippen LogP contribution in [0.5, 0.6) is 11.5 Å². The van der Waals surface area contributed by atoms with E-state index >= 15 is 0 Å². The number of anilines is 1. The Morgan fingerprint density at radius 1 is 0.913 bits per heavy atom. The van der Waals surface area contributed by atoms with Crippen LogP contribution >= 0.6 is 0 Å². The summed E-state index contributed by atoms with van der Waals surface area (Å²) in [6.07, 6.45) is 0. The van der Waals surface area contributed by atoms with Crippen LogP contribution in [0.1, 0.15) is 10.4 Å². The average Bonchev–Trinajstić information content (AvgIpc) is 2.48. The maximum absolute atomic E-state index is 12.3. The van der Waals surface area contributed by atoms with Gasteiger partial charge in [-0.1, -0.05) is 18.2 Å². The van der Waals surface area contributed by atoms with Crippen LogP contribution < -0.4 is 14.8 Å². The lowest BCUT2D eigenvalue weighted by Gasteiger charge is -2.12. The van der Waals surface area contributed by atoms with Gasteiger partial charge in [-0.3, -0.25) is 4.79 Å². The zero-order valence-corrected chi connectivity index (χ0v) is 11.5. The molecule has 0 heterocycles. The number of benzene rings is 2. The van der Waals surface area contributed by atoms with Crippen molar-refractivity contribution in [3.63, 3.8) is 0 Å². The molecule has 0 aliphatic rings. The van der Waals surface area contributed by atoms with Crippen LogP contribution in [0.2, 0.25) is 0 Å². The van der Waals surface area contributed by atoms with Gasteiger partial charge in [0.25, 0.3) is 5.91 Å². The van der Waals surface area contributed by atoms with Crippen molar-refractivity contribution < 1.29 is 31.8 Å². The van der Waals surface area contributed by atoms with E-state index in [-0.39, 0.29) is 22.7 Å². The molecule has 0 bridgehead atoms. The van der Waals surface area contributed by atoms with Gasteiger partial charge < -0.3 is 14.8 Å². The number of amides is 1. The van der Waals surface area contributed by atoms with Gasteiger partial charge >= 0.3 is 13.2 Å². The van der Waals surface area contributed by atoms with Crippen LogP contribution in [-0.4, -0.2) is 19.1 Å². The fourth-order valence-corrected chi connectivity index (χ4v) is 1.78. The first kappa shape index (κ1) is 16.6. The van der Waals surface area contributed by atoms with E-state index in [9.17, 15) is 22.4 Å². The largest absolute Gasteiger partial charge is 0.435 e. The molecule has 0 aliphatic heterocycles. The first-order chi connectivity index (χ1) is 11.0. The van der Waals surface area contributed by atoms with Gasteiger partial charge in [0.05, 0.1) is 5.69 Å². The molecule has 2 aromatic carbocycles. The van der Waals surface area contributed by atoms with E-state index in [4.69, 9.17) is 0 Å². The Labute approximate surface area is 128 Å². The highest BCUT2D eigenvalue weighted by Crippen LogP contribution is 2.26. The minimum absolute atomic E-state index is 0.0231. The van der Waals surface area contributed by atoms with E-state index in [0.29, 0.717) is 0 Å². The van der Waals surface area contributed by atoms with Gasteiger partial charge in [-0.25, -0.2) is 0 Å². The van der Waals surface area contributed by atoms with Gasteiger partial charge in [0.1, 0.15) is 11.5 Å². The lowest BCUT2D eigenvalue weighted by Crippen LogP contribution is -2.14. The molecule has 122 valence electrons. The number of hydrogen-bond donors (Lipinski definition) is 1. The molecule has 2 aromatic rings. The fraction of sp³-hybridized carbons (Fsp3) is 0.133. The van der Waals surface area contributed by atoms with Gasteiger partial charge in [0.2, 0.25) is 0 Å². The van der Waals surface area contributed by atoms with Gasteiger partial charge in [-0.05, 0) is 30.3 Å². The Hall–Kier alpha value is -2.77. The number of para-hydroxylation sites is 2. The minimum atomic E-state index is -3.05. The molecule has 0 saturated heterocycles. The Bertz CT molecular complexity index is 679. The van der Waals surface area contributed by atoms with E-state index in [1.807, 2.05) is 0 Å². The van der Waals surface area contributed by atoms with Crippen molar-refractivity contribution in [3.8, 4) is 11.5 Å². The normalized spacial score (nSPS) is 10.7. The number of halogens is 4. The summed E-state index contributed by atoms with van der Waals surface area (Å²) in [5.41, 5.74) is 0.0491. The summed E-state index contributed by atoms with van der Waals surface area (Å²) >= 11 is 0. The molecule has 0 aromatic heterocycles. The fourth-order valence-electron chi connectivity index (χ4n) is 1.78. The molecule has 23 heavy (non-hydrogen) atoms. The summed E-state index contributed by atoms with van der Waals surface area (Å²) in [5.74, 6) is -1.09. The third kappa shape index (κ3) is 4.87.